The van der Waals surface area contributed by atoms with E-state index in [-0.39, 0.29) is 63.0 Å². The van der Waals surface area contributed by atoms with Crippen molar-refractivity contribution in [3.8, 4) is 34.5 Å². The first-order valence-corrected chi connectivity index (χ1v) is 15.7. The summed E-state index contributed by atoms with van der Waals surface area (Å²) in [5, 5.41) is 14.8. The summed E-state index contributed by atoms with van der Waals surface area (Å²) in [6.45, 7) is 5.21. The number of carbonyl (C=O) groups excluding carboxylic acids is 4. The molecule has 1 aliphatic carbocycles. The largest absolute Gasteiger partial charge is 0.507 e. The Hall–Kier alpha value is -4.65. The number of fused-ring (bicyclic) bond motifs is 1. The van der Waals surface area contributed by atoms with Gasteiger partial charge < -0.3 is 44.6 Å². The van der Waals surface area contributed by atoms with Crippen LogP contribution in [-0.4, -0.2) is 75.7 Å². The van der Waals surface area contributed by atoms with E-state index in [1.807, 2.05) is 6.92 Å². The highest BCUT2D eigenvalue weighted by Crippen LogP contribution is 2.56. The molecule has 4 rings (SSSR count). The molecule has 13 nitrogen and oxygen atoms in total. The zero-order chi connectivity index (χ0) is 35.7. The Bertz CT molecular complexity index is 1650. The molecule has 0 aromatic heterocycles. The second-order valence-corrected chi connectivity index (χ2v) is 12.2. The van der Waals surface area contributed by atoms with Crippen molar-refractivity contribution in [3.63, 3.8) is 0 Å². The number of primary amides is 1. The molecule has 0 bridgehead atoms. The van der Waals surface area contributed by atoms with Gasteiger partial charge in [0.15, 0.2) is 28.8 Å². The molecule has 1 unspecified atom stereocenters. The molecule has 2 aliphatic rings. The molecule has 2 amide bonds. The van der Waals surface area contributed by atoms with Crippen LogP contribution >= 0.6 is 11.6 Å². The second-order valence-electron chi connectivity index (χ2n) is 11.8. The van der Waals surface area contributed by atoms with Crippen LogP contribution in [0, 0.1) is 11.8 Å². The number of aliphatic hydroxyl groups excluding tert-OH is 1. The molecule has 4 N–H and O–H groups in total. The fourth-order valence-corrected chi connectivity index (χ4v) is 6.64. The van der Waals surface area contributed by atoms with E-state index >= 15 is 0 Å². The lowest BCUT2D eigenvalue weighted by molar-refractivity contribution is -0.128. The van der Waals surface area contributed by atoms with Crippen LogP contribution in [0.2, 0.25) is 5.02 Å². The Morgan fingerprint density at radius 1 is 1.02 bits per heavy atom. The van der Waals surface area contributed by atoms with Gasteiger partial charge in [0.05, 0.1) is 35.5 Å². The molecule has 2 aromatic carbocycles. The first-order chi connectivity index (χ1) is 22.7. The van der Waals surface area contributed by atoms with Crippen LogP contribution in [0.15, 0.2) is 29.5 Å². The van der Waals surface area contributed by atoms with E-state index in [9.17, 15) is 24.3 Å². The summed E-state index contributed by atoms with van der Waals surface area (Å²) < 4.78 is 33.7. The summed E-state index contributed by atoms with van der Waals surface area (Å²) in [4.78, 5) is 54.3. The van der Waals surface area contributed by atoms with Gasteiger partial charge in [-0.25, -0.2) is 0 Å². The predicted octanol–water partition coefficient (Wildman–Crippen LogP) is 4.31. The van der Waals surface area contributed by atoms with Gasteiger partial charge in [-0.1, -0.05) is 38.8 Å². The molecule has 0 saturated heterocycles. The van der Waals surface area contributed by atoms with Crippen molar-refractivity contribution in [2.75, 3.05) is 35.5 Å². The fourth-order valence-electron chi connectivity index (χ4n) is 6.37. The van der Waals surface area contributed by atoms with Crippen LogP contribution in [0.1, 0.15) is 61.9 Å². The van der Waals surface area contributed by atoms with Crippen molar-refractivity contribution < 1.29 is 52.7 Å². The number of allylic oxidation sites excluding steroid dienone is 1. The summed E-state index contributed by atoms with van der Waals surface area (Å²) >= 11 is 6.59. The molecule has 1 spiro atoms. The van der Waals surface area contributed by atoms with Gasteiger partial charge in [0.2, 0.25) is 28.9 Å². The molecule has 0 saturated carbocycles. The number of hydrogen-bond donors (Lipinski definition) is 3. The number of nitrogens with two attached hydrogens (primary N) is 1. The maximum absolute atomic E-state index is 14.4. The monoisotopic (exact) mass is 688 g/mol. The van der Waals surface area contributed by atoms with Gasteiger partial charge in [0, 0.05) is 36.3 Å². The van der Waals surface area contributed by atoms with Crippen LogP contribution in [0.25, 0.3) is 0 Å². The van der Waals surface area contributed by atoms with Crippen LogP contribution in [0.3, 0.4) is 0 Å². The number of hydrogen-bond acceptors (Lipinski definition) is 11. The number of nitrogens with one attached hydrogen (secondary N) is 1. The number of methoxy groups -OCH3 is 5. The summed E-state index contributed by atoms with van der Waals surface area (Å²) in [5.41, 5.74) is 3.54. The third kappa shape index (κ3) is 5.95. The summed E-state index contributed by atoms with van der Waals surface area (Å²) in [6, 6.07) is 3.50. The van der Waals surface area contributed by atoms with Gasteiger partial charge >= 0.3 is 0 Å². The minimum atomic E-state index is -2.10. The zero-order valence-electron chi connectivity index (χ0n) is 28.1. The minimum Gasteiger partial charge on any atom is -0.507 e. The van der Waals surface area contributed by atoms with Gasteiger partial charge in [0.1, 0.15) is 28.1 Å². The molecule has 14 heteroatoms. The van der Waals surface area contributed by atoms with Crippen molar-refractivity contribution in [3.05, 3.63) is 45.7 Å². The summed E-state index contributed by atoms with van der Waals surface area (Å²) in [6.07, 6.45) is -0.144. The van der Waals surface area contributed by atoms with Gasteiger partial charge in [-0.05, 0) is 23.6 Å². The van der Waals surface area contributed by atoms with Crippen molar-refractivity contribution in [1.82, 2.24) is 5.32 Å². The van der Waals surface area contributed by atoms with Gasteiger partial charge in [-0.3, -0.25) is 19.2 Å². The van der Waals surface area contributed by atoms with Gasteiger partial charge in [-0.15, -0.1) is 0 Å². The number of aliphatic hydroxyl groups is 1. The maximum atomic E-state index is 14.4. The van der Waals surface area contributed by atoms with Crippen LogP contribution in [-0.2, 0) is 14.4 Å². The zero-order valence-corrected chi connectivity index (χ0v) is 28.9. The highest BCUT2D eigenvalue weighted by Gasteiger charge is 2.61. The lowest BCUT2D eigenvalue weighted by Crippen LogP contribution is -2.53. The predicted molar refractivity (Wildman–Crippen MR) is 175 cm³/mol. The van der Waals surface area contributed by atoms with Gasteiger partial charge in [0.25, 0.3) is 0 Å². The van der Waals surface area contributed by atoms with E-state index in [4.69, 9.17) is 45.8 Å². The lowest BCUT2D eigenvalue weighted by Gasteiger charge is -2.39. The van der Waals surface area contributed by atoms with E-state index in [2.05, 4.69) is 5.32 Å². The van der Waals surface area contributed by atoms with Crippen molar-refractivity contribution >= 4 is 35.0 Å². The molecule has 2 aromatic rings. The van der Waals surface area contributed by atoms with Crippen LogP contribution in [0.5, 0.6) is 34.5 Å². The van der Waals surface area contributed by atoms with Crippen molar-refractivity contribution in [2.45, 2.75) is 57.6 Å². The first kappa shape index (κ1) is 36.2. The molecular formula is C34H41ClN2O11. The number of amides is 2. The molecule has 5 atom stereocenters. The van der Waals surface area contributed by atoms with E-state index in [1.165, 1.54) is 53.7 Å². The smallest absolute Gasteiger partial charge is 0.240 e. The van der Waals surface area contributed by atoms with E-state index < -0.39 is 59.0 Å². The van der Waals surface area contributed by atoms with E-state index in [0.29, 0.717) is 12.0 Å². The minimum absolute atomic E-state index is 0.0277. The first-order valence-electron chi connectivity index (χ1n) is 15.3. The molecule has 1 aliphatic heterocycles. The van der Waals surface area contributed by atoms with Crippen molar-refractivity contribution in [1.29, 1.82) is 0 Å². The molecule has 0 radical (unpaired) electrons. The van der Waals surface area contributed by atoms with Crippen molar-refractivity contribution in [2.24, 2.45) is 17.6 Å². The Balaban J connectivity index is 1.97. The molecule has 260 valence electrons. The molecule has 0 fully saturated rings. The number of ether oxygens (including phenoxy) is 6. The van der Waals surface area contributed by atoms with Crippen LogP contribution in [0.4, 0.5) is 0 Å². The van der Waals surface area contributed by atoms with Crippen LogP contribution < -0.4 is 39.5 Å². The Morgan fingerprint density at radius 3 is 2.10 bits per heavy atom. The number of rotatable bonds is 13. The average molecular weight is 689 g/mol. The lowest BCUT2D eigenvalue weighted by atomic mass is 9.69. The third-order valence-electron chi connectivity index (χ3n) is 9.17. The maximum Gasteiger partial charge on any atom is 0.240 e. The number of halogens is 1. The number of carbonyl (C=O) groups is 4. The Kier molecular flexibility index (Phi) is 10.7. The molecule has 1 heterocycles. The van der Waals surface area contributed by atoms with E-state index in [0.717, 1.165) is 0 Å². The standard InChI is InChI=1S/C34H41ClN2O11/c1-9-15(2)28(33(36)42)37-24(39)13-18(17-11-22(45-6)29(47-8)23(12-17)46-7)25-19(38)10-16(3)34(31(25)40)32(41)26-20(43-4)14-21(44-5)27(35)30(26)48-34/h11-12,14-16,18,28,40H,9-10,13H2,1-8H3,(H2,36,42)(H,37,39)/t15-,16+,18?,28-,34-/m0/s1. The SMILES string of the molecule is CC[C@H](C)[C@H](NC(=O)CC(C1=C(O)[C@@]2(Oc3c(Cl)c(OC)cc(OC)c3C2=O)[C@H](C)CC1=O)c1cc(OC)c(OC)c(OC)c1)C(N)=O. The highest BCUT2D eigenvalue weighted by molar-refractivity contribution is 6.35. The normalized spacial score (nSPS) is 20.4. The average Bonchev–Trinajstić information content (AvgIpc) is 3.39. The number of ketones is 2. The number of Topliss-reactive ketones (excluding diaryl/α,β-unsaturated/α-hetero) is 2. The quantitative estimate of drug-likeness (QED) is 0.273. The van der Waals surface area contributed by atoms with Gasteiger partial charge in [-0.2, -0.15) is 0 Å². The summed E-state index contributed by atoms with van der Waals surface area (Å²) in [5.74, 6) is -4.81. The summed E-state index contributed by atoms with van der Waals surface area (Å²) in [7, 11) is 6.96. The Labute approximate surface area is 283 Å². The third-order valence-corrected chi connectivity index (χ3v) is 9.53. The fraction of sp³-hybridized carbons (Fsp3) is 0.471. The highest BCUT2D eigenvalue weighted by atomic mass is 35.5. The molecule has 48 heavy (non-hydrogen) atoms. The second kappa shape index (κ2) is 14.2. The Morgan fingerprint density at radius 2 is 1.60 bits per heavy atom. The number of benzene rings is 2. The van der Waals surface area contributed by atoms with E-state index in [1.54, 1.807) is 13.8 Å². The molecular weight excluding hydrogens is 648 g/mol. The topological polar surface area (TPSA) is 182 Å².